The zero-order valence-electron chi connectivity index (χ0n) is 16.7. The van der Waals surface area contributed by atoms with E-state index in [4.69, 9.17) is 9.47 Å². The molecule has 1 saturated heterocycles. The number of hydrogen-bond acceptors (Lipinski definition) is 5. The highest BCUT2D eigenvalue weighted by Gasteiger charge is 2.20. The lowest BCUT2D eigenvalue weighted by Gasteiger charge is -2.34. The minimum absolute atomic E-state index is 0.156. The molecule has 0 radical (unpaired) electrons. The first-order valence-corrected chi connectivity index (χ1v) is 10.3. The van der Waals surface area contributed by atoms with Crippen molar-refractivity contribution in [3.63, 3.8) is 0 Å². The summed E-state index contributed by atoms with van der Waals surface area (Å²) in [6.07, 6.45) is 4.72. The Hall–Kier alpha value is -1.79. The van der Waals surface area contributed by atoms with Crippen LogP contribution in [0.25, 0.3) is 0 Å². The monoisotopic (exact) mass is 375 g/mol. The third-order valence-corrected chi connectivity index (χ3v) is 5.32. The summed E-state index contributed by atoms with van der Waals surface area (Å²) >= 11 is 0. The van der Waals surface area contributed by atoms with Gasteiger partial charge in [0.1, 0.15) is 0 Å². The van der Waals surface area contributed by atoms with E-state index in [-0.39, 0.29) is 11.9 Å². The quantitative estimate of drug-likeness (QED) is 0.673. The molecule has 2 aliphatic rings. The number of carbonyl (C=O) groups excluding carboxylic acids is 1. The molecule has 1 aromatic carbocycles. The van der Waals surface area contributed by atoms with Crippen molar-refractivity contribution in [3.8, 4) is 11.5 Å². The van der Waals surface area contributed by atoms with Crippen LogP contribution in [0.3, 0.4) is 0 Å². The molecule has 3 rings (SSSR count). The van der Waals surface area contributed by atoms with Crippen molar-refractivity contribution >= 4 is 5.91 Å². The molecular formula is C21H33N3O3. The van der Waals surface area contributed by atoms with E-state index in [0.717, 1.165) is 50.6 Å². The molecular weight excluding hydrogens is 342 g/mol. The van der Waals surface area contributed by atoms with E-state index in [0.29, 0.717) is 13.3 Å². The fraction of sp³-hybridized carbons (Fsp3) is 0.667. The Morgan fingerprint density at radius 1 is 1.11 bits per heavy atom. The van der Waals surface area contributed by atoms with Crippen molar-refractivity contribution in [2.75, 3.05) is 39.5 Å². The van der Waals surface area contributed by atoms with Gasteiger partial charge in [-0.2, -0.15) is 0 Å². The Kier molecular flexibility index (Phi) is 7.35. The normalized spacial score (nSPS) is 18.4. The van der Waals surface area contributed by atoms with Gasteiger partial charge in [-0.1, -0.05) is 32.3 Å². The number of ether oxygens (including phenoxy) is 2. The molecule has 27 heavy (non-hydrogen) atoms. The van der Waals surface area contributed by atoms with E-state index in [2.05, 4.69) is 41.1 Å². The summed E-state index contributed by atoms with van der Waals surface area (Å²) in [6.45, 7) is 9.87. The number of amides is 1. The van der Waals surface area contributed by atoms with E-state index in [1.165, 1.54) is 24.8 Å². The Morgan fingerprint density at radius 2 is 1.85 bits per heavy atom. The molecule has 150 valence electrons. The fourth-order valence-corrected chi connectivity index (χ4v) is 3.70. The largest absolute Gasteiger partial charge is 0.454 e. The van der Waals surface area contributed by atoms with Gasteiger partial charge in [0, 0.05) is 38.8 Å². The lowest BCUT2D eigenvalue weighted by Crippen LogP contribution is -2.49. The van der Waals surface area contributed by atoms with Gasteiger partial charge in [0.2, 0.25) is 12.7 Å². The number of fused-ring (bicyclic) bond motifs is 1. The average Bonchev–Trinajstić information content (AvgIpc) is 3.11. The highest BCUT2D eigenvalue weighted by atomic mass is 16.7. The van der Waals surface area contributed by atoms with Crippen molar-refractivity contribution in [3.05, 3.63) is 23.8 Å². The summed E-state index contributed by atoms with van der Waals surface area (Å²) in [5.74, 6) is 1.83. The van der Waals surface area contributed by atoms with Gasteiger partial charge in [-0.15, -0.1) is 0 Å². The zero-order chi connectivity index (χ0) is 19.1. The van der Waals surface area contributed by atoms with Gasteiger partial charge in [-0.25, -0.2) is 0 Å². The molecule has 1 amide bonds. The SMILES string of the molecule is CCCCC[C@H](C)NC(=O)CN1CCN(Cc2ccc3c(c2)OCO3)CC1. The summed E-state index contributed by atoms with van der Waals surface area (Å²) in [5, 5.41) is 3.14. The fourth-order valence-electron chi connectivity index (χ4n) is 3.70. The van der Waals surface area contributed by atoms with Crippen LogP contribution in [0.2, 0.25) is 0 Å². The molecule has 0 spiro atoms. The highest BCUT2D eigenvalue weighted by molar-refractivity contribution is 5.78. The minimum atomic E-state index is 0.156. The van der Waals surface area contributed by atoms with E-state index in [1.54, 1.807) is 0 Å². The minimum Gasteiger partial charge on any atom is -0.454 e. The molecule has 0 aromatic heterocycles. The summed E-state index contributed by atoms with van der Waals surface area (Å²) in [7, 11) is 0. The van der Waals surface area contributed by atoms with Crippen molar-refractivity contribution in [2.24, 2.45) is 0 Å². The first-order valence-electron chi connectivity index (χ1n) is 10.3. The zero-order valence-corrected chi connectivity index (χ0v) is 16.7. The van der Waals surface area contributed by atoms with Crippen LogP contribution in [0.1, 0.15) is 45.1 Å². The predicted octanol–water partition coefficient (Wildman–Crippen LogP) is 2.62. The molecule has 1 atom stereocenters. The molecule has 6 heteroatoms. The van der Waals surface area contributed by atoms with E-state index < -0.39 is 0 Å². The molecule has 0 bridgehead atoms. The number of carbonyl (C=O) groups is 1. The Balaban J connectivity index is 1.35. The van der Waals surface area contributed by atoms with Gasteiger partial charge in [0.15, 0.2) is 11.5 Å². The van der Waals surface area contributed by atoms with Crippen LogP contribution in [0.15, 0.2) is 18.2 Å². The number of piperazine rings is 1. The molecule has 1 fully saturated rings. The number of unbranched alkanes of at least 4 members (excludes halogenated alkanes) is 2. The number of rotatable bonds is 9. The summed E-state index contributed by atoms with van der Waals surface area (Å²) in [6, 6.07) is 6.44. The summed E-state index contributed by atoms with van der Waals surface area (Å²) in [5.41, 5.74) is 1.24. The summed E-state index contributed by atoms with van der Waals surface area (Å²) < 4.78 is 10.8. The number of nitrogens with zero attached hydrogens (tertiary/aromatic N) is 2. The van der Waals surface area contributed by atoms with Gasteiger partial charge in [-0.05, 0) is 31.0 Å². The first-order chi connectivity index (χ1) is 13.1. The van der Waals surface area contributed by atoms with E-state index >= 15 is 0 Å². The standard InChI is InChI=1S/C21H33N3O3/c1-3-4-5-6-17(2)22-21(25)15-24-11-9-23(10-12-24)14-18-7-8-19-20(13-18)27-16-26-19/h7-8,13,17H,3-6,9-12,14-16H2,1-2H3,(H,22,25)/t17-/m0/s1. The van der Waals surface area contributed by atoms with Crippen LogP contribution >= 0.6 is 0 Å². The van der Waals surface area contributed by atoms with Crippen LogP contribution < -0.4 is 14.8 Å². The van der Waals surface area contributed by atoms with Gasteiger partial charge < -0.3 is 14.8 Å². The molecule has 0 unspecified atom stereocenters. The molecule has 0 saturated carbocycles. The van der Waals surface area contributed by atoms with Crippen LogP contribution in [0, 0.1) is 0 Å². The van der Waals surface area contributed by atoms with Crippen molar-refractivity contribution in [2.45, 2.75) is 52.1 Å². The number of benzene rings is 1. The molecule has 1 N–H and O–H groups in total. The van der Waals surface area contributed by atoms with Gasteiger partial charge in [0.05, 0.1) is 6.54 Å². The van der Waals surface area contributed by atoms with Crippen LogP contribution in [-0.2, 0) is 11.3 Å². The van der Waals surface area contributed by atoms with Gasteiger partial charge in [-0.3, -0.25) is 14.6 Å². The van der Waals surface area contributed by atoms with Crippen molar-refractivity contribution < 1.29 is 14.3 Å². The average molecular weight is 376 g/mol. The Labute approximate surface area is 162 Å². The second-order valence-electron chi connectivity index (χ2n) is 7.70. The van der Waals surface area contributed by atoms with Crippen molar-refractivity contribution in [1.82, 2.24) is 15.1 Å². The van der Waals surface area contributed by atoms with Crippen molar-refractivity contribution in [1.29, 1.82) is 0 Å². The maximum Gasteiger partial charge on any atom is 0.234 e. The molecule has 2 aliphatic heterocycles. The van der Waals surface area contributed by atoms with E-state index in [1.807, 2.05) is 6.07 Å². The van der Waals surface area contributed by atoms with Gasteiger partial charge >= 0.3 is 0 Å². The lowest BCUT2D eigenvalue weighted by molar-refractivity contribution is -0.123. The topological polar surface area (TPSA) is 54.0 Å². The van der Waals surface area contributed by atoms with Crippen LogP contribution in [0.5, 0.6) is 11.5 Å². The number of nitrogens with one attached hydrogen (secondary N) is 1. The molecule has 1 aromatic rings. The molecule has 2 heterocycles. The maximum absolute atomic E-state index is 12.2. The van der Waals surface area contributed by atoms with Crippen LogP contribution in [0.4, 0.5) is 0 Å². The van der Waals surface area contributed by atoms with Gasteiger partial charge in [0.25, 0.3) is 0 Å². The first kappa shape index (κ1) is 20.0. The lowest BCUT2D eigenvalue weighted by atomic mass is 10.1. The number of hydrogen-bond donors (Lipinski definition) is 1. The van der Waals surface area contributed by atoms with E-state index in [9.17, 15) is 4.79 Å². The highest BCUT2D eigenvalue weighted by Crippen LogP contribution is 2.32. The molecule has 0 aliphatic carbocycles. The maximum atomic E-state index is 12.2. The third-order valence-electron chi connectivity index (χ3n) is 5.32. The van der Waals surface area contributed by atoms with Crippen LogP contribution in [-0.4, -0.2) is 61.3 Å². The predicted molar refractivity (Wildman–Crippen MR) is 106 cm³/mol. The smallest absolute Gasteiger partial charge is 0.234 e. The molecule has 6 nitrogen and oxygen atoms in total. The second kappa shape index (κ2) is 9.95. The Morgan fingerprint density at radius 3 is 2.63 bits per heavy atom. The Bertz CT molecular complexity index is 615. The third kappa shape index (κ3) is 6.11. The summed E-state index contributed by atoms with van der Waals surface area (Å²) in [4.78, 5) is 16.9. The second-order valence-corrected chi connectivity index (χ2v) is 7.70.